The van der Waals surface area contributed by atoms with E-state index in [4.69, 9.17) is 33.3 Å². The van der Waals surface area contributed by atoms with Gasteiger partial charge in [-0.25, -0.2) is 8.42 Å². The van der Waals surface area contributed by atoms with E-state index in [9.17, 15) is 8.42 Å². The van der Waals surface area contributed by atoms with Gasteiger partial charge in [0, 0.05) is 7.11 Å². The minimum Gasteiger partial charge on any atom is -0.469 e. The normalized spacial score (nSPS) is 27.6. The Morgan fingerprint density at radius 2 is 2.19 bits per heavy atom. The number of alkyl halides is 1. The van der Waals surface area contributed by atoms with Gasteiger partial charge in [0.1, 0.15) is 6.61 Å². The Hall–Kier alpha value is -0.110. The number of hydrogen-bond acceptors (Lipinski definition) is 5. The van der Waals surface area contributed by atoms with Crippen molar-refractivity contribution in [2.24, 2.45) is 0 Å². The Kier molecular flexibility index (Phi) is 5.23. The summed E-state index contributed by atoms with van der Waals surface area (Å²) in [6.07, 6.45) is 0. The monoisotopic (exact) mass is 287 g/mol. The molecule has 0 amide bonds. The Bertz CT molecular complexity index is 346. The van der Waals surface area contributed by atoms with Crippen LogP contribution in [0.25, 0.3) is 0 Å². The van der Waals surface area contributed by atoms with Gasteiger partial charge in [-0.3, -0.25) is 0 Å². The van der Waals surface area contributed by atoms with Gasteiger partial charge in [-0.2, -0.15) is 0 Å². The molecule has 8 heteroatoms. The third-order valence-corrected chi connectivity index (χ3v) is 4.72. The molecule has 2 atom stereocenters. The molecule has 16 heavy (non-hydrogen) atoms. The molecule has 0 aliphatic carbocycles. The van der Waals surface area contributed by atoms with Gasteiger partial charge in [-0.05, 0) is 12.2 Å². The van der Waals surface area contributed by atoms with Crippen molar-refractivity contribution in [3.63, 3.8) is 0 Å². The van der Waals surface area contributed by atoms with E-state index in [2.05, 4.69) is 5.32 Å². The molecule has 1 N–H and O–H groups in total. The molecule has 5 nitrogen and oxygen atoms in total. The Balaban J connectivity index is 2.35. The quantitative estimate of drug-likeness (QED) is 0.444. The fourth-order valence-corrected chi connectivity index (χ4v) is 4.13. The highest BCUT2D eigenvalue weighted by Crippen LogP contribution is 2.17. The second-order valence-electron chi connectivity index (χ2n) is 3.47. The molecule has 0 radical (unpaired) electrons. The summed E-state index contributed by atoms with van der Waals surface area (Å²) in [6, 6.07) is -0.373. The minimum absolute atomic E-state index is 0.00502. The van der Waals surface area contributed by atoms with E-state index in [1.165, 1.54) is 0 Å². The molecule has 0 saturated carbocycles. The molecule has 94 valence electrons. The first-order valence-corrected chi connectivity index (χ1v) is 7.38. The molecule has 0 spiro atoms. The molecule has 0 aromatic heterocycles. The van der Waals surface area contributed by atoms with Crippen molar-refractivity contribution in [2.75, 3.05) is 31.8 Å². The highest BCUT2D eigenvalue weighted by atomic mass is 35.5. The number of hydrogen-bond donors (Lipinski definition) is 1. The highest BCUT2D eigenvalue weighted by Gasteiger charge is 2.36. The molecule has 1 saturated heterocycles. The fourth-order valence-electron chi connectivity index (χ4n) is 1.35. The van der Waals surface area contributed by atoms with Crippen molar-refractivity contribution in [2.45, 2.75) is 11.4 Å². The first-order chi connectivity index (χ1) is 7.44. The van der Waals surface area contributed by atoms with E-state index in [0.717, 1.165) is 0 Å². The SMILES string of the molecule is COCCOC(=S)NC1CS(=O)(=O)CC1Cl. The van der Waals surface area contributed by atoms with Crippen LogP contribution in [0.1, 0.15) is 0 Å². The zero-order valence-corrected chi connectivity index (χ0v) is 11.2. The summed E-state index contributed by atoms with van der Waals surface area (Å²) in [5.41, 5.74) is 0. The largest absolute Gasteiger partial charge is 0.469 e. The number of nitrogens with one attached hydrogen (secondary N) is 1. The third kappa shape index (κ3) is 4.40. The Morgan fingerprint density at radius 3 is 2.69 bits per heavy atom. The zero-order valence-electron chi connectivity index (χ0n) is 8.81. The molecule has 1 heterocycles. The van der Waals surface area contributed by atoms with Crippen LogP contribution in [-0.4, -0.2) is 56.8 Å². The lowest BCUT2D eigenvalue weighted by Crippen LogP contribution is -2.41. The van der Waals surface area contributed by atoms with Crippen molar-refractivity contribution in [1.82, 2.24) is 5.32 Å². The minimum atomic E-state index is -3.05. The van der Waals surface area contributed by atoms with Crippen LogP contribution in [0.15, 0.2) is 0 Å². The molecular weight excluding hydrogens is 274 g/mol. The predicted octanol–water partition coefficient (Wildman–Crippen LogP) is -0.0717. The van der Waals surface area contributed by atoms with Crippen molar-refractivity contribution < 1.29 is 17.9 Å². The number of rotatable bonds is 4. The van der Waals surface area contributed by atoms with Crippen molar-refractivity contribution in [3.8, 4) is 0 Å². The average Bonchev–Trinajstić information content (AvgIpc) is 2.40. The van der Waals surface area contributed by atoms with Gasteiger partial charge in [-0.15, -0.1) is 11.6 Å². The van der Waals surface area contributed by atoms with Crippen LogP contribution in [0.3, 0.4) is 0 Å². The lowest BCUT2D eigenvalue weighted by Gasteiger charge is -2.16. The second-order valence-corrected chi connectivity index (χ2v) is 6.56. The Morgan fingerprint density at radius 1 is 1.50 bits per heavy atom. The lowest BCUT2D eigenvalue weighted by molar-refractivity contribution is 0.139. The number of thiocarbonyl (C=S) groups is 1. The van der Waals surface area contributed by atoms with Crippen molar-refractivity contribution in [3.05, 3.63) is 0 Å². The molecular formula is C8H14ClNO4S2. The number of methoxy groups -OCH3 is 1. The maximum atomic E-state index is 11.3. The number of sulfone groups is 1. The maximum absolute atomic E-state index is 11.3. The lowest BCUT2D eigenvalue weighted by atomic mass is 10.3. The predicted molar refractivity (Wildman–Crippen MR) is 65.6 cm³/mol. The van der Waals surface area contributed by atoms with Gasteiger partial charge in [0.25, 0.3) is 5.17 Å². The summed E-state index contributed by atoms with van der Waals surface area (Å²) in [5, 5.41) is 2.48. The van der Waals surface area contributed by atoms with Gasteiger partial charge in [0.2, 0.25) is 0 Å². The average molecular weight is 288 g/mol. The van der Waals surface area contributed by atoms with Crippen LogP contribution >= 0.6 is 23.8 Å². The summed E-state index contributed by atoms with van der Waals surface area (Å²) in [6.45, 7) is 0.754. The molecule has 1 fully saturated rings. The van der Waals surface area contributed by atoms with E-state index in [0.29, 0.717) is 13.2 Å². The van der Waals surface area contributed by atoms with Crippen LogP contribution in [-0.2, 0) is 19.3 Å². The standard InChI is InChI=1S/C8H14ClNO4S2/c1-13-2-3-14-8(15)10-7-5-16(11,12)4-6(7)9/h6-7H,2-5H2,1H3,(H,10,15). The van der Waals surface area contributed by atoms with E-state index in [-0.39, 0.29) is 22.7 Å². The van der Waals surface area contributed by atoms with Crippen molar-refractivity contribution in [1.29, 1.82) is 0 Å². The van der Waals surface area contributed by atoms with Gasteiger partial charge in [-0.1, -0.05) is 0 Å². The topological polar surface area (TPSA) is 64.6 Å². The van der Waals surface area contributed by atoms with Crippen LogP contribution in [0.4, 0.5) is 0 Å². The molecule has 1 aliphatic rings. The van der Waals surface area contributed by atoms with Crippen LogP contribution in [0, 0.1) is 0 Å². The van der Waals surface area contributed by atoms with E-state index < -0.39 is 15.2 Å². The molecule has 1 rings (SSSR count). The van der Waals surface area contributed by atoms with Crippen molar-refractivity contribution >= 4 is 38.8 Å². The first-order valence-electron chi connectivity index (χ1n) is 4.71. The fraction of sp³-hybridized carbons (Fsp3) is 0.875. The Labute approximate surface area is 105 Å². The van der Waals surface area contributed by atoms with Gasteiger partial charge in [0.05, 0.1) is 29.5 Å². The van der Waals surface area contributed by atoms with Crippen LogP contribution < -0.4 is 5.32 Å². The molecule has 0 bridgehead atoms. The van der Waals surface area contributed by atoms with E-state index in [1.54, 1.807) is 7.11 Å². The molecule has 0 aromatic rings. The summed E-state index contributed by atoms with van der Waals surface area (Å²) < 4.78 is 32.4. The number of halogens is 1. The van der Waals surface area contributed by atoms with E-state index >= 15 is 0 Å². The summed E-state index contributed by atoms with van der Waals surface area (Å²) in [5.74, 6) is -0.0259. The van der Waals surface area contributed by atoms with Crippen LogP contribution in [0.2, 0.25) is 0 Å². The number of ether oxygens (including phenoxy) is 2. The van der Waals surface area contributed by atoms with Crippen LogP contribution in [0.5, 0.6) is 0 Å². The maximum Gasteiger partial charge on any atom is 0.257 e. The van der Waals surface area contributed by atoms with E-state index in [1.807, 2.05) is 0 Å². The highest BCUT2D eigenvalue weighted by molar-refractivity contribution is 7.91. The summed E-state index contributed by atoms with van der Waals surface area (Å²) in [7, 11) is -1.50. The molecule has 1 aliphatic heterocycles. The third-order valence-electron chi connectivity index (χ3n) is 2.11. The molecule has 0 aromatic carbocycles. The zero-order chi connectivity index (χ0) is 12.2. The van der Waals surface area contributed by atoms with Gasteiger partial charge >= 0.3 is 0 Å². The second kappa shape index (κ2) is 6.00. The van der Waals surface area contributed by atoms with Gasteiger partial charge < -0.3 is 14.8 Å². The molecule has 2 unspecified atom stereocenters. The first kappa shape index (κ1) is 14.0. The summed E-state index contributed by atoms with van der Waals surface area (Å²) >= 11 is 10.8. The van der Waals surface area contributed by atoms with Gasteiger partial charge in [0.15, 0.2) is 9.84 Å². The smallest absolute Gasteiger partial charge is 0.257 e. The summed E-state index contributed by atoms with van der Waals surface area (Å²) in [4.78, 5) is 0.